The molecule has 2 rings (SSSR count). The topological polar surface area (TPSA) is 112 Å². The van der Waals surface area contributed by atoms with Gasteiger partial charge in [0, 0.05) is 22.3 Å². The fourth-order valence-electron chi connectivity index (χ4n) is 3.13. The van der Waals surface area contributed by atoms with Gasteiger partial charge in [0.1, 0.15) is 0 Å². The summed E-state index contributed by atoms with van der Waals surface area (Å²) in [6.07, 6.45) is 1.07. The number of hydrogen-bond donors (Lipinski definition) is 2. The van der Waals surface area contributed by atoms with E-state index in [0.29, 0.717) is 12.6 Å². The second kappa shape index (κ2) is 10.4. The van der Waals surface area contributed by atoms with Gasteiger partial charge in [-0.15, -0.1) is 0 Å². The van der Waals surface area contributed by atoms with Gasteiger partial charge in [0.15, 0.2) is 35.6 Å². The molecule has 0 aromatic heterocycles. The smallest absolute Gasteiger partial charge is 0.204 e. The molecule has 162 valence electrons. The number of benzene rings is 2. The summed E-state index contributed by atoms with van der Waals surface area (Å²) < 4.78 is 22.6. The van der Waals surface area contributed by atoms with Crippen molar-refractivity contribution in [3.63, 3.8) is 0 Å². The second-order valence-corrected chi connectivity index (χ2v) is 6.00. The number of aromatic hydroxyl groups is 2. The van der Waals surface area contributed by atoms with E-state index in [9.17, 15) is 19.8 Å². The third kappa shape index (κ3) is 4.27. The molecule has 2 aromatic carbocycles. The first kappa shape index (κ1) is 22.9. The Morgan fingerprint density at radius 1 is 0.633 bits per heavy atom. The van der Waals surface area contributed by atoms with Crippen LogP contribution in [0.1, 0.15) is 48.4 Å². The summed E-state index contributed by atoms with van der Waals surface area (Å²) >= 11 is 0. The van der Waals surface area contributed by atoms with Gasteiger partial charge in [-0.05, 0) is 39.8 Å². The van der Waals surface area contributed by atoms with E-state index in [1.54, 1.807) is 27.7 Å². The van der Waals surface area contributed by atoms with Crippen molar-refractivity contribution in [2.45, 2.75) is 27.7 Å². The minimum atomic E-state index is -0.277. The first-order valence-corrected chi connectivity index (χ1v) is 9.70. The summed E-state index contributed by atoms with van der Waals surface area (Å²) in [7, 11) is 0. The van der Waals surface area contributed by atoms with Crippen LogP contribution in [0.5, 0.6) is 34.5 Å². The summed E-state index contributed by atoms with van der Waals surface area (Å²) in [4.78, 5) is 23.8. The highest BCUT2D eigenvalue weighted by atomic mass is 16.5. The van der Waals surface area contributed by atoms with E-state index >= 15 is 0 Å². The van der Waals surface area contributed by atoms with Gasteiger partial charge in [-0.3, -0.25) is 9.59 Å². The monoisotopic (exact) mass is 418 g/mol. The Kier molecular flexibility index (Phi) is 7.91. The Morgan fingerprint density at radius 3 is 1.20 bits per heavy atom. The van der Waals surface area contributed by atoms with Crippen LogP contribution in [0.4, 0.5) is 0 Å². The molecule has 0 aliphatic carbocycles. The lowest BCUT2D eigenvalue weighted by Crippen LogP contribution is -2.07. The molecule has 0 atom stereocenters. The van der Waals surface area contributed by atoms with Gasteiger partial charge < -0.3 is 29.2 Å². The van der Waals surface area contributed by atoms with Crippen molar-refractivity contribution in [2.24, 2.45) is 0 Å². The SMILES string of the molecule is CCOc1c(O)cc(C=O)c(-c2c(C=O)cc(O)c(OCC)c2OCC)c1OCC. The molecular formula is C22H26O8. The maximum Gasteiger partial charge on any atom is 0.204 e. The van der Waals surface area contributed by atoms with Crippen LogP contribution in [0.25, 0.3) is 11.1 Å². The van der Waals surface area contributed by atoms with Crippen molar-refractivity contribution in [1.82, 2.24) is 0 Å². The number of carbonyl (C=O) groups is 2. The predicted molar refractivity (Wildman–Crippen MR) is 111 cm³/mol. The van der Waals surface area contributed by atoms with Gasteiger partial charge in [-0.25, -0.2) is 0 Å². The fraction of sp³-hybridized carbons (Fsp3) is 0.364. The molecule has 0 aliphatic rings. The Labute approximate surface area is 175 Å². The van der Waals surface area contributed by atoms with E-state index in [4.69, 9.17) is 18.9 Å². The zero-order chi connectivity index (χ0) is 22.3. The molecule has 0 bridgehead atoms. The first-order chi connectivity index (χ1) is 14.5. The Balaban J connectivity index is 3.07. The van der Waals surface area contributed by atoms with Crippen LogP contribution in [-0.2, 0) is 0 Å². The normalized spacial score (nSPS) is 10.4. The number of aldehydes is 2. The summed E-state index contributed by atoms with van der Waals surface area (Å²) in [6, 6.07) is 2.46. The number of ether oxygens (including phenoxy) is 4. The average Bonchev–Trinajstić information content (AvgIpc) is 2.73. The fourth-order valence-corrected chi connectivity index (χ4v) is 3.13. The van der Waals surface area contributed by atoms with E-state index in [2.05, 4.69) is 0 Å². The van der Waals surface area contributed by atoms with Crippen molar-refractivity contribution < 1.29 is 38.7 Å². The van der Waals surface area contributed by atoms with Gasteiger partial charge in [-0.1, -0.05) is 0 Å². The van der Waals surface area contributed by atoms with Crippen molar-refractivity contribution in [2.75, 3.05) is 26.4 Å². The lowest BCUT2D eigenvalue weighted by molar-refractivity contribution is 0.111. The molecule has 0 spiro atoms. The molecule has 0 heterocycles. The van der Waals surface area contributed by atoms with Gasteiger partial charge >= 0.3 is 0 Å². The van der Waals surface area contributed by atoms with Crippen LogP contribution < -0.4 is 18.9 Å². The van der Waals surface area contributed by atoms with Crippen LogP contribution in [0.15, 0.2) is 12.1 Å². The summed E-state index contributed by atoms with van der Waals surface area (Å²) in [5.41, 5.74) is 0.493. The number of carbonyl (C=O) groups excluding carboxylic acids is 2. The van der Waals surface area contributed by atoms with Crippen LogP contribution in [0.3, 0.4) is 0 Å². The summed E-state index contributed by atoms with van der Waals surface area (Å²) in [6.45, 7) is 7.79. The van der Waals surface area contributed by atoms with Crippen molar-refractivity contribution in [3.05, 3.63) is 23.3 Å². The van der Waals surface area contributed by atoms with E-state index in [0.717, 1.165) is 0 Å². The molecule has 2 N–H and O–H groups in total. The van der Waals surface area contributed by atoms with E-state index in [-0.39, 0.29) is 83.2 Å². The third-order valence-electron chi connectivity index (χ3n) is 4.15. The molecule has 8 nitrogen and oxygen atoms in total. The van der Waals surface area contributed by atoms with Crippen molar-refractivity contribution in [3.8, 4) is 45.6 Å². The standard InChI is InChI=1S/C22H26O8/c1-5-27-19-15(25)9-13(11-23)17(21(19)29-7-3)18-14(12-24)10-16(26)20(28-6-2)22(18)30-8-4/h9-12,25-26H,5-8H2,1-4H3. The number of rotatable bonds is 11. The molecule has 0 aliphatic heterocycles. The van der Waals surface area contributed by atoms with E-state index in [1.807, 2.05) is 0 Å². The molecule has 0 unspecified atom stereocenters. The van der Waals surface area contributed by atoms with Gasteiger partial charge in [-0.2, -0.15) is 0 Å². The maximum absolute atomic E-state index is 11.9. The molecule has 0 radical (unpaired) electrons. The third-order valence-corrected chi connectivity index (χ3v) is 4.15. The van der Waals surface area contributed by atoms with Gasteiger partial charge in [0.2, 0.25) is 11.5 Å². The number of phenolic OH excluding ortho intramolecular Hbond substituents is 2. The molecule has 2 aromatic rings. The van der Waals surface area contributed by atoms with Gasteiger partial charge in [0.25, 0.3) is 0 Å². The highest BCUT2D eigenvalue weighted by molar-refractivity contribution is 6.02. The van der Waals surface area contributed by atoms with Crippen LogP contribution in [0, 0.1) is 0 Å². The molecular weight excluding hydrogens is 392 g/mol. The molecule has 30 heavy (non-hydrogen) atoms. The summed E-state index contributed by atoms with van der Waals surface area (Å²) in [5, 5.41) is 20.8. The van der Waals surface area contributed by atoms with E-state index in [1.165, 1.54) is 12.1 Å². The predicted octanol–water partition coefficient (Wildman–Crippen LogP) is 3.98. The highest BCUT2D eigenvalue weighted by Gasteiger charge is 2.29. The largest absolute Gasteiger partial charge is 0.504 e. The molecule has 8 heteroatoms. The number of phenols is 2. The summed E-state index contributed by atoms with van der Waals surface area (Å²) in [5.74, 6) is -0.325. The average molecular weight is 418 g/mol. The van der Waals surface area contributed by atoms with Crippen molar-refractivity contribution >= 4 is 12.6 Å². The van der Waals surface area contributed by atoms with Crippen LogP contribution in [0.2, 0.25) is 0 Å². The lowest BCUT2D eigenvalue weighted by Gasteiger charge is -2.23. The Hall–Kier alpha value is -3.42. The highest BCUT2D eigenvalue weighted by Crippen LogP contribution is 2.53. The molecule has 0 amide bonds. The molecule has 0 fully saturated rings. The van der Waals surface area contributed by atoms with Gasteiger partial charge in [0.05, 0.1) is 26.4 Å². The maximum atomic E-state index is 11.9. The zero-order valence-electron chi connectivity index (χ0n) is 17.5. The minimum Gasteiger partial charge on any atom is -0.504 e. The first-order valence-electron chi connectivity index (χ1n) is 9.70. The molecule has 0 saturated heterocycles. The number of hydrogen-bond acceptors (Lipinski definition) is 8. The Bertz CT molecular complexity index is 845. The quantitative estimate of drug-likeness (QED) is 0.527. The minimum absolute atomic E-state index is 0.0327. The van der Waals surface area contributed by atoms with Crippen molar-refractivity contribution in [1.29, 1.82) is 0 Å². The zero-order valence-corrected chi connectivity index (χ0v) is 17.5. The van der Waals surface area contributed by atoms with Crippen LogP contribution in [-0.4, -0.2) is 49.2 Å². The lowest BCUT2D eigenvalue weighted by atomic mass is 9.92. The Morgan fingerprint density at radius 2 is 0.933 bits per heavy atom. The molecule has 0 saturated carbocycles. The van der Waals surface area contributed by atoms with E-state index < -0.39 is 0 Å². The second-order valence-electron chi connectivity index (χ2n) is 6.00. The van der Waals surface area contributed by atoms with Crippen LogP contribution >= 0.6 is 0 Å².